The largest absolute Gasteiger partial charge is 0.474 e. The number of para-hydroxylation sites is 2. The molecule has 2 N–H and O–H groups in total. The number of unbranched alkanes of at least 4 members (excludes halogenated alkanes) is 1. The zero-order valence-electron chi connectivity index (χ0n) is 28.5. The lowest BCUT2D eigenvalue weighted by molar-refractivity contribution is -0.122. The Morgan fingerprint density at radius 3 is 2.52 bits per heavy atom. The third-order valence-corrected chi connectivity index (χ3v) is 9.84. The molecule has 0 spiro atoms. The number of aromatic nitrogens is 4. The zero-order valence-corrected chi connectivity index (χ0v) is 28.5. The molecule has 10 nitrogen and oxygen atoms in total. The van der Waals surface area contributed by atoms with Gasteiger partial charge < -0.3 is 24.8 Å². The Morgan fingerprint density at radius 2 is 1.79 bits per heavy atom. The van der Waals surface area contributed by atoms with Crippen molar-refractivity contribution in [2.45, 2.75) is 109 Å². The first kappa shape index (κ1) is 35.9. The van der Waals surface area contributed by atoms with E-state index in [1.165, 1.54) is 23.8 Å². The summed E-state index contributed by atoms with van der Waals surface area (Å²) in [4.78, 5) is 28.4. The molecule has 48 heavy (non-hydrogen) atoms. The van der Waals surface area contributed by atoms with E-state index in [0.29, 0.717) is 67.4 Å². The van der Waals surface area contributed by atoms with Crippen molar-refractivity contribution in [2.75, 3.05) is 37.8 Å². The molecule has 2 aliphatic rings. The first-order valence-electron chi connectivity index (χ1n) is 17.9. The summed E-state index contributed by atoms with van der Waals surface area (Å²) in [6.45, 7) is 6.97. The second kappa shape index (κ2) is 17.9. The number of hydrogen-bond acceptors (Lipinski definition) is 8. The van der Waals surface area contributed by atoms with Crippen LogP contribution in [-0.2, 0) is 9.53 Å². The molecule has 3 aromatic rings. The Bertz CT molecular complexity index is 1430. The van der Waals surface area contributed by atoms with E-state index in [-0.39, 0.29) is 36.3 Å². The number of nitrogens with one attached hydrogen (secondary N) is 1. The number of morpholine rings is 1. The summed E-state index contributed by atoms with van der Waals surface area (Å²) in [5, 5.41) is 12.5. The highest BCUT2D eigenvalue weighted by atomic mass is 19.3. The van der Waals surface area contributed by atoms with Crippen molar-refractivity contribution >= 4 is 22.9 Å². The van der Waals surface area contributed by atoms with Crippen LogP contribution in [0, 0.1) is 11.8 Å². The second-order valence-corrected chi connectivity index (χ2v) is 13.4. The molecule has 1 aliphatic carbocycles. The van der Waals surface area contributed by atoms with Crippen LogP contribution in [-0.4, -0.2) is 75.6 Å². The van der Waals surface area contributed by atoms with Gasteiger partial charge in [0, 0.05) is 38.2 Å². The van der Waals surface area contributed by atoms with Crippen LogP contribution in [0.5, 0.6) is 5.88 Å². The first-order valence-corrected chi connectivity index (χ1v) is 17.9. The highest BCUT2D eigenvalue weighted by molar-refractivity contribution is 5.78. The van der Waals surface area contributed by atoms with E-state index in [9.17, 15) is 18.7 Å². The molecule has 2 atom stereocenters. The van der Waals surface area contributed by atoms with E-state index in [0.717, 1.165) is 51.4 Å². The van der Waals surface area contributed by atoms with Crippen LogP contribution in [0.15, 0.2) is 30.3 Å². The van der Waals surface area contributed by atoms with Gasteiger partial charge in [-0.25, -0.2) is 13.8 Å². The van der Waals surface area contributed by atoms with Crippen LogP contribution >= 0.6 is 0 Å². The maximum Gasteiger partial charge on any atom is 0.296 e. The van der Waals surface area contributed by atoms with Gasteiger partial charge in [-0.1, -0.05) is 45.2 Å². The third kappa shape index (κ3) is 9.62. The van der Waals surface area contributed by atoms with Crippen molar-refractivity contribution in [3.63, 3.8) is 0 Å². The van der Waals surface area contributed by atoms with Crippen LogP contribution in [0.3, 0.4) is 0 Å². The maximum atomic E-state index is 14.2. The number of ether oxygens (including phenoxy) is 2. The van der Waals surface area contributed by atoms with Crippen molar-refractivity contribution in [2.24, 2.45) is 11.8 Å². The van der Waals surface area contributed by atoms with Crippen LogP contribution in [0.4, 0.5) is 14.7 Å². The van der Waals surface area contributed by atoms with Gasteiger partial charge in [0.2, 0.25) is 17.7 Å². The van der Waals surface area contributed by atoms with E-state index < -0.39 is 6.43 Å². The smallest absolute Gasteiger partial charge is 0.296 e. The number of fused-ring (bicyclic) bond motifs is 1. The van der Waals surface area contributed by atoms with E-state index in [1.807, 2.05) is 4.90 Å². The highest BCUT2D eigenvalue weighted by Crippen LogP contribution is 2.31. The fourth-order valence-electron chi connectivity index (χ4n) is 7.06. The average molecular weight is 671 g/mol. The number of aliphatic hydroxyl groups is 1. The molecular weight excluding hydrogens is 618 g/mol. The number of aliphatic hydroxyl groups excluding tert-OH is 1. The van der Waals surface area contributed by atoms with E-state index in [4.69, 9.17) is 19.4 Å². The second-order valence-electron chi connectivity index (χ2n) is 13.4. The molecule has 0 bridgehead atoms. The number of amides is 1. The molecule has 5 rings (SSSR count). The number of nitrogens with zero attached hydrogens (tertiary/aromatic N) is 5. The fourth-order valence-corrected chi connectivity index (χ4v) is 7.06. The number of imidazole rings is 1. The predicted octanol–water partition coefficient (Wildman–Crippen LogP) is 6.78. The number of anilines is 1. The summed E-state index contributed by atoms with van der Waals surface area (Å²) >= 11 is 0. The number of carbonyl (C=O) groups is 1. The summed E-state index contributed by atoms with van der Waals surface area (Å²) < 4.78 is 41.7. The van der Waals surface area contributed by atoms with E-state index in [2.05, 4.69) is 24.1 Å². The summed E-state index contributed by atoms with van der Waals surface area (Å²) in [6, 6.07) is 8.75. The lowest BCUT2D eigenvalue weighted by Gasteiger charge is -2.30. The van der Waals surface area contributed by atoms with E-state index in [1.54, 1.807) is 30.3 Å². The first-order chi connectivity index (χ1) is 23.4. The van der Waals surface area contributed by atoms with Crippen molar-refractivity contribution < 1.29 is 28.2 Å². The lowest BCUT2D eigenvalue weighted by atomic mass is 9.83. The molecule has 1 unspecified atom stereocenters. The van der Waals surface area contributed by atoms with Crippen LogP contribution < -0.4 is 15.0 Å². The predicted molar refractivity (Wildman–Crippen MR) is 182 cm³/mol. The number of carbonyl (C=O) groups excluding carboxylic acids is 1. The van der Waals surface area contributed by atoms with Gasteiger partial charge in [0.15, 0.2) is 5.82 Å². The Labute approximate surface area is 282 Å². The van der Waals surface area contributed by atoms with Gasteiger partial charge in [0.25, 0.3) is 6.43 Å². The maximum absolute atomic E-state index is 14.2. The minimum Gasteiger partial charge on any atom is -0.474 e. The third-order valence-electron chi connectivity index (χ3n) is 9.84. The molecule has 2 fully saturated rings. The number of hydrogen-bond donors (Lipinski definition) is 2. The highest BCUT2D eigenvalue weighted by Gasteiger charge is 2.27. The van der Waals surface area contributed by atoms with Gasteiger partial charge in [0.1, 0.15) is 11.9 Å². The Hall–Kier alpha value is -3.38. The summed E-state index contributed by atoms with van der Waals surface area (Å²) in [7, 11) is 0. The quantitative estimate of drug-likeness (QED) is 0.162. The fraction of sp³-hybridized carbons (Fsp3) is 0.667. The van der Waals surface area contributed by atoms with Crippen LogP contribution in [0.1, 0.15) is 103 Å². The molecular formula is C36H52F2N6O4. The zero-order chi connectivity index (χ0) is 33.9. The van der Waals surface area contributed by atoms with Crippen LogP contribution in [0.2, 0.25) is 0 Å². The average Bonchev–Trinajstić information content (AvgIpc) is 3.50. The topological polar surface area (TPSA) is 115 Å². The van der Waals surface area contributed by atoms with Crippen molar-refractivity contribution in [3.05, 3.63) is 36.2 Å². The number of benzene rings is 1. The minimum absolute atomic E-state index is 0.102. The molecule has 1 aliphatic heterocycles. The summed E-state index contributed by atoms with van der Waals surface area (Å²) in [6.07, 6.45) is 8.07. The summed E-state index contributed by atoms with van der Waals surface area (Å²) in [5.74, 6) is 1.90. The molecule has 264 valence electrons. The van der Waals surface area contributed by atoms with Gasteiger partial charge >= 0.3 is 0 Å². The number of halogens is 2. The van der Waals surface area contributed by atoms with Gasteiger partial charge in [-0.15, -0.1) is 0 Å². The summed E-state index contributed by atoms with van der Waals surface area (Å²) in [5.41, 5.74) is 1.000. The molecule has 1 saturated heterocycles. The normalized spacial score (nSPS) is 19.8. The molecule has 1 amide bonds. The molecule has 0 radical (unpaired) electrons. The standard InChI is InChI=1S/C36H52F2N6O4/c1-3-4-10-26(11-8-21-45)25(2)9-7-14-32(46)39-27-15-17-28(18-16-27)48-33-24-31(41-36(42-33)43-19-22-47-23-20-43)44-30-13-6-5-12-29(30)40-35(44)34(37)38/h5-6,12-13,24-28,34,45H,3-4,7-11,14-23H2,1-2H3,(H,39,46)/t25-,26?,27?,28?/m1/s1. The van der Waals surface area contributed by atoms with Crippen LogP contribution in [0.25, 0.3) is 16.9 Å². The lowest BCUT2D eigenvalue weighted by Crippen LogP contribution is -2.40. The van der Waals surface area contributed by atoms with E-state index >= 15 is 0 Å². The number of alkyl halides is 2. The van der Waals surface area contributed by atoms with Crippen molar-refractivity contribution in [1.29, 1.82) is 0 Å². The molecule has 2 aromatic heterocycles. The Kier molecular flexibility index (Phi) is 13.4. The van der Waals surface area contributed by atoms with Crippen molar-refractivity contribution in [1.82, 2.24) is 24.8 Å². The molecule has 1 saturated carbocycles. The molecule has 1 aromatic carbocycles. The van der Waals surface area contributed by atoms with Gasteiger partial charge in [-0.3, -0.25) is 9.36 Å². The monoisotopic (exact) mass is 670 g/mol. The Morgan fingerprint density at radius 1 is 1.04 bits per heavy atom. The van der Waals surface area contributed by atoms with Crippen molar-refractivity contribution in [3.8, 4) is 11.7 Å². The molecule has 12 heteroatoms. The van der Waals surface area contributed by atoms with Gasteiger partial charge in [-0.2, -0.15) is 9.97 Å². The number of rotatable bonds is 17. The van der Waals surface area contributed by atoms with Gasteiger partial charge in [0.05, 0.1) is 24.2 Å². The minimum atomic E-state index is -2.79. The Balaban J connectivity index is 1.18. The van der Waals surface area contributed by atoms with Gasteiger partial charge in [-0.05, 0) is 75.3 Å². The molecule has 3 heterocycles. The SMILES string of the molecule is CCCCC(CCCO)[C@H](C)CCCC(=O)NC1CCC(Oc2cc(-n3c(C(F)F)nc4ccccc43)nc(N3CCOCC3)n2)CC1.